The molecule has 0 bridgehead atoms. The summed E-state index contributed by atoms with van der Waals surface area (Å²) < 4.78 is 42.0. The zero-order valence-corrected chi connectivity index (χ0v) is 13.1. The highest BCUT2D eigenvalue weighted by Gasteiger charge is 2.35. The summed E-state index contributed by atoms with van der Waals surface area (Å²) in [6.45, 7) is 0.769. The van der Waals surface area contributed by atoms with Crippen molar-refractivity contribution in [2.24, 2.45) is 0 Å². The number of methoxy groups -OCH3 is 1. The van der Waals surface area contributed by atoms with Gasteiger partial charge in [0.1, 0.15) is 15.7 Å². The third-order valence-corrected chi connectivity index (χ3v) is 4.15. The van der Waals surface area contributed by atoms with E-state index in [1.165, 1.54) is 0 Å². The number of halogens is 5. The Morgan fingerprint density at radius 1 is 1.36 bits per heavy atom. The van der Waals surface area contributed by atoms with Crippen molar-refractivity contribution in [3.8, 4) is 0 Å². The quantitative estimate of drug-likeness (QED) is 0.599. The minimum Gasteiger partial charge on any atom is -0.465 e. The van der Waals surface area contributed by atoms with Crippen LogP contribution in [0.25, 0.3) is 0 Å². The molecule has 2 rings (SSSR count). The first-order valence-corrected chi connectivity index (χ1v) is 7.18. The number of rotatable bonds is 2. The molecule has 1 fully saturated rings. The lowest BCUT2D eigenvalue weighted by molar-refractivity contribution is -0.137. The number of hydrogen-bond donors (Lipinski definition) is 0. The number of alkyl halides is 5. The van der Waals surface area contributed by atoms with Crippen LogP contribution in [-0.2, 0) is 10.9 Å². The lowest BCUT2D eigenvalue weighted by atomic mass is 10.1. The molecule has 22 heavy (non-hydrogen) atoms. The molecule has 122 valence electrons. The minimum atomic E-state index is -4.59. The van der Waals surface area contributed by atoms with Crippen LogP contribution in [0.4, 0.5) is 19.0 Å². The van der Waals surface area contributed by atoms with Crippen LogP contribution >= 0.6 is 23.2 Å². The maximum atomic E-state index is 12.8. The van der Waals surface area contributed by atoms with E-state index < -0.39 is 22.0 Å². The summed E-state index contributed by atoms with van der Waals surface area (Å²) in [5.74, 6) is -0.731. The van der Waals surface area contributed by atoms with Crippen molar-refractivity contribution in [1.29, 1.82) is 0 Å². The lowest BCUT2D eigenvalue weighted by Gasteiger charge is -2.35. The smallest absolute Gasteiger partial charge is 0.417 e. The van der Waals surface area contributed by atoms with Crippen molar-refractivity contribution < 1.29 is 22.7 Å². The first-order chi connectivity index (χ1) is 10.1. The number of piperidine rings is 1. The minimum absolute atomic E-state index is 0.142. The van der Waals surface area contributed by atoms with Crippen LogP contribution in [0.1, 0.15) is 28.8 Å². The van der Waals surface area contributed by atoms with Crippen LogP contribution in [0.5, 0.6) is 0 Å². The van der Waals surface area contributed by atoms with Crippen molar-refractivity contribution in [1.82, 2.24) is 4.98 Å². The van der Waals surface area contributed by atoms with Gasteiger partial charge in [0.05, 0.1) is 12.7 Å². The summed E-state index contributed by atoms with van der Waals surface area (Å²) in [5.41, 5.74) is -1.23. The highest BCUT2D eigenvalue weighted by molar-refractivity contribution is 6.48. The average Bonchev–Trinajstić information content (AvgIpc) is 2.45. The van der Waals surface area contributed by atoms with Gasteiger partial charge in [-0.05, 0) is 18.9 Å². The van der Waals surface area contributed by atoms with Crippen molar-refractivity contribution in [3.05, 3.63) is 23.4 Å². The fourth-order valence-electron chi connectivity index (χ4n) is 2.17. The highest BCUT2D eigenvalue weighted by atomic mass is 35.5. The molecule has 0 aromatic carbocycles. The molecule has 0 saturated carbocycles. The molecule has 9 heteroatoms. The second kappa shape index (κ2) is 6.12. The fraction of sp³-hybridized carbons (Fsp3) is 0.538. The predicted molar refractivity (Wildman–Crippen MR) is 76.5 cm³/mol. The zero-order chi connectivity index (χ0) is 16.5. The van der Waals surface area contributed by atoms with Gasteiger partial charge < -0.3 is 9.64 Å². The SMILES string of the molecule is COC(=O)c1cc(C(F)(F)F)cnc1N1CCC(Cl)(Cl)CC1. The number of carbonyl (C=O) groups excluding carboxylic acids is 1. The van der Waals surface area contributed by atoms with E-state index in [4.69, 9.17) is 23.2 Å². The third-order valence-electron chi connectivity index (χ3n) is 3.39. The third kappa shape index (κ3) is 3.76. The Bertz CT molecular complexity index is 569. The van der Waals surface area contributed by atoms with E-state index in [0.29, 0.717) is 32.1 Å². The topological polar surface area (TPSA) is 42.4 Å². The predicted octanol–water partition coefficient (Wildman–Crippen LogP) is 3.66. The molecule has 0 spiro atoms. The summed E-state index contributed by atoms with van der Waals surface area (Å²) >= 11 is 12.0. The van der Waals surface area contributed by atoms with Gasteiger partial charge in [0, 0.05) is 19.3 Å². The Labute approximate surface area is 135 Å². The number of anilines is 1. The van der Waals surface area contributed by atoms with Gasteiger partial charge in [0.25, 0.3) is 0 Å². The van der Waals surface area contributed by atoms with Crippen LogP contribution in [-0.4, -0.2) is 35.5 Å². The number of hydrogen-bond acceptors (Lipinski definition) is 4. The number of aromatic nitrogens is 1. The van der Waals surface area contributed by atoms with E-state index in [1.54, 1.807) is 4.90 Å². The molecule has 1 saturated heterocycles. The Balaban J connectivity index is 2.37. The van der Waals surface area contributed by atoms with Crippen LogP contribution < -0.4 is 4.90 Å². The number of pyridine rings is 1. The number of esters is 1. The number of ether oxygens (including phenoxy) is 1. The molecule has 0 unspecified atom stereocenters. The second-order valence-corrected chi connectivity index (χ2v) is 6.57. The molecule has 4 nitrogen and oxygen atoms in total. The summed E-state index contributed by atoms with van der Waals surface area (Å²) in [5, 5.41) is 0. The maximum absolute atomic E-state index is 12.8. The molecule has 1 aromatic rings. The molecule has 0 amide bonds. The summed E-state index contributed by atoms with van der Waals surface area (Å²) in [6, 6.07) is 0.747. The molecule has 0 aliphatic carbocycles. The molecule has 2 heterocycles. The average molecular weight is 357 g/mol. The zero-order valence-electron chi connectivity index (χ0n) is 11.6. The van der Waals surface area contributed by atoms with Gasteiger partial charge in [-0.2, -0.15) is 13.2 Å². The van der Waals surface area contributed by atoms with Gasteiger partial charge in [-0.25, -0.2) is 9.78 Å². The lowest BCUT2D eigenvalue weighted by Crippen LogP contribution is -2.39. The highest BCUT2D eigenvalue weighted by Crippen LogP contribution is 2.36. The van der Waals surface area contributed by atoms with Crippen LogP contribution in [0, 0.1) is 0 Å². The van der Waals surface area contributed by atoms with E-state index in [9.17, 15) is 18.0 Å². The molecule has 1 aromatic heterocycles. The number of nitrogens with zero attached hydrogens (tertiary/aromatic N) is 2. The van der Waals surface area contributed by atoms with Crippen molar-refractivity contribution in [2.75, 3.05) is 25.1 Å². The van der Waals surface area contributed by atoms with Gasteiger partial charge in [-0.15, -0.1) is 23.2 Å². The van der Waals surface area contributed by atoms with Gasteiger partial charge >= 0.3 is 12.1 Å². The monoisotopic (exact) mass is 356 g/mol. The largest absolute Gasteiger partial charge is 0.465 e. The van der Waals surface area contributed by atoms with Crippen molar-refractivity contribution in [3.63, 3.8) is 0 Å². The standard InChI is InChI=1S/C13H13Cl2F3N2O2/c1-22-11(21)9-6-8(13(16,17)18)7-19-10(9)20-4-2-12(14,15)3-5-20/h6-7H,2-5H2,1H3. The van der Waals surface area contributed by atoms with E-state index in [0.717, 1.165) is 13.2 Å². The fourth-order valence-corrected chi connectivity index (χ4v) is 2.51. The van der Waals surface area contributed by atoms with Crippen LogP contribution in [0.15, 0.2) is 12.3 Å². The van der Waals surface area contributed by atoms with Crippen LogP contribution in [0.3, 0.4) is 0 Å². The Hall–Kier alpha value is -1.21. The summed E-state index contributed by atoms with van der Waals surface area (Å²) in [6.07, 6.45) is -3.05. The molecule has 1 aliphatic rings. The van der Waals surface area contributed by atoms with Crippen molar-refractivity contribution in [2.45, 2.75) is 23.4 Å². The van der Waals surface area contributed by atoms with E-state index in [2.05, 4.69) is 9.72 Å². The van der Waals surface area contributed by atoms with Gasteiger partial charge in [0.15, 0.2) is 0 Å². The second-order valence-electron chi connectivity index (χ2n) is 4.93. The molecule has 0 N–H and O–H groups in total. The van der Waals surface area contributed by atoms with E-state index in [1.807, 2.05) is 0 Å². The Kier molecular flexibility index (Phi) is 4.77. The first kappa shape index (κ1) is 17.1. The molecule has 0 radical (unpaired) electrons. The maximum Gasteiger partial charge on any atom is 0.417 e. The Morgan fingerprint density at radius 2 is 1.95 bits per heavy atom. The van der Waals surface area contributed by atoms with Crippen LogP contribution in [0.2, 0.25) is 0 Å². The molecular formula is C13H13Cl2F3N2O2. The van der Waals surface area contributed by atoms with Gasteiger partial charge in [0.2, 0.25) is 0 Å². The molecule has 0 atom stereocenters. The van der Waals surface area contributed by atoms with E-state index >= 15 is 0 Å². The van der Waals surface area contributed by atoms with Gasteiger partial charge in [-0.1, -0.05) is 0 Å². The van der Waals surface area contributed by atoms with E-state index in [-0.39, 0.29) is 11.4 Å². The molecular weight excluding hydrogens is 344 g/mol. The summed E-state index contributed by atoms with van der Waals surface area (Å²) in [4.78, 5) is 17.3. The first-order valence-electron chi connectivity index (χ1n) is 6.42. The normalized spacial score (nSPS) is 18.2. The molecule has 1 aliphatic heterocycles. The Morgan fingerprint density at radius 3 is 2.45 bits per heavy atom. The van der Waals surface area contributed by atoms with Crippen molar-refractivity contribution >= 4 is 35.0 Å². The summed E-state index contributed by atoms with van der Waals surface area (Å²) in [7, 11) is 1.10. The van der Waals surface area contributed by atoms with Gasteiger partial charge in [-0.3, -0.25) is 0 Å². The number of carbonyl (C=O) groups is 1.